The fraction of sp³-hybridized carbons (Fsp3) is 0.100. The van der Waals surface area contributed by atoms with Crippen molar-refractivity contribution in [3.8, 4) is 0 Å². The van der Waals surface area contributed by atoms with Gasteiger partial charge in [-0.25, -0.2) is 0 Å². The van der Waals surface area contributed by atoms with E-state index in [1.807, 2.05) is 25.5 Å². The molecule has 2 rings (SSSR count). The molecule has 0 saturated heterocycles. The molecule has 0 radical (unpaired) electrons. The van der Waals surface area contributed by atoms with Crippen molar-refractivity contribution in [3.05, 3.63) is 35.1 Å². The molecule has 0 saturated carbocycles. The van der Waals surface area contributed by atoms with Crippen molar-refractivity contribution in [2.45, 2.75) is 0 Å². The molecule has 1 N–H and O–H groups in total. The predicted molar refractivity (Wildman–Crippen MR) is 59.0 cm³/mol. The molecule has 3 heteroatoms. The zero-order valence-corrected chi connectivity index (χ0v) is 8.80. The van der Waals surface area contributed by atoms with E-state index in [0.717, 1.165) is 15.5 Å². The fourth-order valence-electron chi connectivity index (χ4n) is 1.28. The van der Waals surface area contributed by atoms with Gasteiger partial charge >= 0.3 is 0 Å². The summed E-state index contributed by atoms with van der Waals surface area (Å²) >= 11 is 3.47. The molecule has 0 bridgehead atoms. The van der Waals surface area contributed by atoms with Crippen molar-refractivity contribution < 1.29 is 0 Å². The van der Waals surface area contributed by atoms with Gasteiger partial charge in [-0.2, -0.15) is 0 Å². The smallest absolute Gasteiger partial charge is 0.0437 e. The van der Waals surface area contributed by atoms with Crippen LogP contribution in [0.4, 0.5) is 5.69 Å². The van der Waals surface area contributed by atoms with Gasteiger partial charge < -0.3 is 5.32 Å². The lowest BCUT2D eigenvalue weighted by molar-refractivity contribution is 1.35. The molecule has 0 aliphatic heterocycles. The van der Waals surface area contributed by atoms with Crippen LogP contribution in [0.5, 0.6) is 0 Å². The second kappa shape index (κ2) is 3.34. The highest BCUT2D eigenvalue weighted by Gasteiger charge is 1.98. The van der Waals surface area contributed by atoms with Crippen LogP contribution in [-0.4, -0.2) is 12.0 Å². The Bertz CT molecular complexity index is 440. The molecule has 1 aromatic heterocycles. The molecule has 0 amide bonds. The van der Waals surface area contributed by atoms with Gasteiger partial charge in [0.2, 0.25) is 0 Å². The molecule has 1 heterocycles. The van der Waals surface area contributed by atoms with E-state index in [4.69, 9.17) is 0 Å². The van der Waals surface area contributed by atoms with Gasteiger partial charge in [-0.1, -0.05) is 6.07 Å². The highest BCUT2D eigenvalue weighted by molar-refractivity contribution is 9.10. The molecule has 0 fully saturated rings. The summed E-state index contributed by atoms with van der Waals surface area (Å²) in [4.78, 5) is 4.10. The van der Waals surface area contributed by atoms with Gasteiger partial charge in [-0.05, 0) is 28.1 Å². The van der Waals surface area contributed by atoms with Crippen molar-refractivity contribution in [2.24, 2.45) is 0 Å². The van der Waals surface area contributed by atoms with Crippen molar-refractivity contribution in [2.75, 3.05) is 12.4 Å². The number of aromatic nitrogens is 1. The normalized spacial score (nSPS) is 10.3. The summed E-state index contributed by atoms with van der Waals surface area (Å²) in [5.74, 6) is 0. The molecular weight excluding hydrogens is 228 g/mol. The standard InChI is InChI=1S/C10H9BrN2/c1-12-8-3-2-7-5-13-6-10(11)9(7)4-8/h2-6,12H,1H3. The minimum atomic E-state index is 1.03. The summed E-state index contributed by atoms with van der Waals surface area (Å²) in [7, 11) is 1.91. The third-order valence-electron chi connectivity index (χ3n) is 2.00. The average molecular weight is 237 g/mol. The van der Waals surface area contributed by atoms with Crippen LogP contribution in [0.1, 0.15) is 0 Å². The summed E-state index contributed by atoms with van der Waals surface area (Å²) in [6, 6.07) is 6.19. The number of nitrogens with one attached hydrogen (secondary N) is 1. The number of fused-ring (bicyclic) bond motifs is 1. The Hall–Kier alpha value is -1.09. The van der Waals surface area contributed by atoms with E-state index in [-0.39, 0.29) is 0 Å². The second-order valence-electron chi connectivity index (χ2n) is 2.81. The Morgan fingerprint density at radius 1 is 1.31 bits per heavy atom. The Kier molecular flexibility index (Phi) is 2.19. The van der Waals surface area contributed by atoms with Gasteiger partial charge in [0, 0.05) is 40.4 Å². The number of nitrogens with zero attached hydrogens (tertiary/aromatic N) is 1. The van der Waals surface area contributed by atoms with Crippen molar-refractivity contribution in [1.82, 2.24) is 4.98 Å². The molecule has 0 unspecified atom stereocenters. The Morgan fingerprint density at radius 2 is 2.15 bits per heavy atom. The molecule has 1 aromatic carbocycles. The van der Waals surface area contributed by atoms with E-state index < -0.39 is 0 Å². The molecule has 13 heavy (non-hydrogen) atoms. The molecular formula is C10H9BrN2. The van der Waals surface area contributed by atoms with Crippen LogP contribution < -0.4 is 5.32 Å². The summed E-state index contributed by atoms with van der Waals surface area (Å²) in [6.45, 7) is 0. The Labute approximate surface area is 85.1 Å². The van der Waals surface area contributed by atoms with Crippen molar-refractivity contribution in [3.63, 3.8) is 0 Å². The summed E-state index contributed by atoms with van der Waals surface area (Å²) in [5, 5.41) is 5.43. The van der Waals surface area contributed by atoms with E-state index in [0.29, 0.717) is 0 Å². The van der Waals surface area contributed by atoms with Crippen molar-refractivity contribution in [1.29, 1.82) is 0 Å². The highest BCUT2D eigenvalue weighted by Crippen LogP contribution is 2.25. The number of benzene rings is 1. The van der Waals surface area contributed by atoms with Gasteiger partial charge in [0.1, 0.15) is 0 Å². The van der Waals surface area contributed by atoms with E-state index in [1.54, 1.807) is 0 Å². The van der Waals surface area contributed by atoms with Gasteiger partial charge in [0.05, 0.1) is 0 Å². The highest BCUT2D eigenvalue weighted by atomic mass is 79.9. The third kappa shape index (κ3) is 1.52. The molecule has 2 aromatic rings. The minimum absolute atomic E-state index is 1.03. The molecule has 2 nitrogen and oxygen atoms in total. The zero-order valence-electron chi connectivity index (χ0n) is 7.21. The monoisotopic (exact) mass is 236 g/mol. The second-order valence-corrected chi connectivity index (χ2v) is 3.66. The quantitative estimate of drug-likeness (QED) is 0.824. The maximum atomic E-state index is 4.10. The molecule has 0 atom stereocenters. The lowest BCUT2D eigenvalue weighted by Crippen LogP contribution is -1.87. The zero-order chi connectivity index (χ0) is 9.26. The summed E-state index contributed by atoms with van der Waals surface area (Å²) in [5.41, 5.74) is 1.11. The summed E-state index contributed by atoms with van der Waals surface area (Å²) < 4.78 is 1.03. The van der Waals surface area contributed by atoms with Crippen LogP contribution in [0.3, 0.4) is 0 Å². The van der Waals surface area contributed by atoms with Crippen LogP contribution in [0, 0.1) is 0 Å². The first kappa shape index (κ1) is 8.51. The minimum Gasteiger partial charge on any atom is -0.388 e. The lowest BCUT2D eigenvalue weighted by atomic mass is 10.1. The third-order valence-corrected chi connectivity index (χ3v) is 2.63. The molecule has 66 valence electrons. The number of hydrogen-bond donors (Lipinski definition) is 1. The van der Waals surface area contributed by atoms with Crippen LogP contribution >= 0.6 is 15.9 Å². The maximum Gasteiger partial charge on any atom is 0.0437 e. The van der Waals surface area contributed by atoms with Crippen LogP contribution in [0.25, 0.3) is 10.8 Å². The summed E-state index contributed by atoms with van der Waals surface area (Å²) in [6.07, 6.45) is 3.67. The van der Waals surface area contributed by atoms with E-state index in [2.05, 4.69) is 38.4 Å². The molecule has 0 aliphatic rings. The number of halogens is 1. The Morgan fingerprint density at radius 3 is 2.92 bits per heavy atom. The van der Waals surface area contributed by atoms with Gasteiger partial charge in [0.25, 0.3) is 0 Å². The van der Waals surface area contributed by atoms with Gasteiger partial charge in [-0.15, -0.1) is 0 Å². The predicted octanol–water partition coefficient (Wildman–Crippen LogP) is 3.04. The number of anilines is 1. The maximum absolute atomic E-state index is 4.10. The number of hydrogen-bond acceptors (Lipinski definition) is 2. The van der Waals surface area contributed by atoms with Gasteiger partial charge in [-0.3, -0.25) is 4.98 Å². The largest absolute Gasteiger partial charge is 0.388 e. The Balaban J connectivity index is 2.74. The lowest BCUT2D eigenvalue weighted by Gasteiger charge is -2.03. The van der Waals surface area contributed by atoms with Crippen LogP contribution in [-0.2, 0) is 0 Å². The van der Waals surface area contributed by atoms with Crippen molar-refractivity contribution >= 4 is 32.4 Å². The fourth-order valence-corrected chi connectivity index (χ4v) is 1.75. The topological polar surface area (TPSA) is 24.9 Å². The number of pyridine rings is 1. The first-order valence-corrected chi connectivity index (χ1v) is 4.81. The van der Waals surface area contributed by atoms with Crippen LogP contribution in [0.2, 0.25) is 0 Å². The van der Waals surface area contributed by atoms with Gasteiger partial charge in [0.15, 0.2) is 0 Å². The van der Waals surface area contributed by atoms with E-state index >= 15 is 0 Å². The SMILES string of the molecule is CNc1ccc2cncc(Br)c2c1. The average Bonchev–Trinajstić information content (AvgIpc) is 2.18. The van der Waals surface area contributed by atoms with E-state index in [1.165, 1.54) is 5.39 Å². The first-order valence-electron chi connectivity index (χ1n) is 4.02. The number of rotatable bonds is 1. The molecule has 0 aliphatic carbocycles. The van der Waals surface area contributed by atoms with E-state index in [9.17, 15) is 0 Å². The van der Waals surface area contributed by atoms with Crippen LogP contribution in [0.15, 0.2) is 35.1 Å². The molecule has 0 spiro atoms. The first-order chi connectivity index (χ1) is 6.31.